The van der Waals surface area contributed by atoms with Gasteiger partial charge in [0.15, 0.2) is 11.4 Å². The number of amides is 2. The van der Waals surface area contributed by atoms with Crippen molar-refractivity contribution in [1.82, 2.24) is 40.4 Å². The van der Waals surface area contributed by atoms with Gasteiger partial charge < -0.3 is 29.9 Å². The number of carbonyl (C=O) groups excluding carboxylic acids is 2. The molecule has 56 heavy (non-hydrogen) atoms. The molecule has 2 fully saturated rings. The number of benzene rings is 2. The maximum absolute atomic E-state index is 14.5. The first kappa shape index (κ1) is 37.5. The van der Waals surface area contributed by atoms with Gasteiger partial charge in [0.1, 0.15) is 17.2 Å². The van der Waals surface area contributed by atoms with Gasteiger partial charge in [-0.05, 0) is 62.1 Å². The molecule has 13 nitrogen and oxygen atoms in total. The molecule has 14 heteroatoms. The summed E-state index contributed by atoms with van der Waals surface area (Å²) in [5, 5.41) is 38.1. The van der Waals surface area contributed by atoms with Gasteiger partial charge >= 0.3 is 0 Å². The van der Waals surface area contributed by atoms with Crippen molar-refractivity contribution in [3.63, 3.8) is 0 Å². The highest BCUT2D eigenvalue weighted by molar-refractivity contribution is 7.13. The molecule has 8 rings (SSSR count). The molecule has 2 saturated heterocycles. The summed E-state index contributed by atoms with van der Waals surface area (Å²) in [5.41, 5.74) is 7.43. The molecular weight excluding hydrogens is 729 g/mol. The van der Waals surface area contributed by atoms with Gasteiger partial charge in [-0.3, -0.25) is 14.5 Å². The predicted molar refractivity (Wildman–Crippen MR) is 213 cm³/mol. The average molecular weight is 775 g/mol. The monoisotopic (exact) mass is 774 g/mol. The Morgan fingerprint density at radius 1 is 1.05 bits per heavy atom. The Morgan fingerprint density at radius 2 is 1.82 bits per heavy atom. The first-order valence-electron chi connectivity index (χ1n) is 19.0. The van der Waals surface area contributed by atoms with Crippen molar-refractivity contribution in [3.8, 4) is 27.4 Å². The van der Waals surface area contributed by atoms with E-state index in [-0.39, 0.29) is 48.4 Å². The maximum atomic E-state index is 14.5. The van der Waals surface area contributed by atoms with Gasteiger partial charge in [-0.2, -0.15) is 0 Å². The quantitative estimate of drug-likeness (QED) is 0.120. The SMILES string of the molecule is Cc1ncsc1-c1ccc([C@H](C)NC(=O)[C@@H]2C[C@@H](O)CN2C(=O)[C@](C)(c2cc(CN3CC(c4cc5cc(-c6ccccc6O)nnc5[nH]4)C3)no2)C(C)C)cc1. The number of β-amino-alcohol motifs (C(OH)–C–C–N with tert-alkyl or cyclic N) is 1. The van der Waals surface area contributed by atoms with Gasteiger partial charge in [0.05, 0.1) is 39.6 Å². The molecule has 4 aromatic heterocycles. The van der Waals surface area contributed by atoms with Crippen LogP contribution >= 0.6 is 11.3 Å². The second-order valence-electron chi connectivity index (χ2n) is 15.7. The number of aryl methyl sites for hydroxylation is 1. The molecule has 6 heterocycles. The normalized spacial score (nSPS) is 19.3. The molecular formula is C42H46N8O5S. The molecule has 290 valence electrons. The number of aliphatic hydroxyl groups is 1. The van der Waals surface area contributed by atoms with Crippen LogP contribution in [-0.4, -0.2) is 88.9 Å². The topological polar surface area (TPSA) is 174 Å². The molecule has 0 aliphatic carbocycles. The summed E-state index contributed by atoms with van der Waals surface area (Å²) in [6, 6.07) is 19.9. The number of H-pyrrole nitrogens is 1. The molecule has 0 radical (unpaired) electrons. The van der Waals surface area contributed by atoms with Crippen LogP contribution in [0.2, 0.25) is 0 Å². The molecule has 4 N–H and O–H groups in total. The van der Waals surface area contributed by atoms with Crippen molar-refractivity contribution in [2.75, 3.05) is 19.6 Å². The fourth-order valence-electron chi connectivity index (χ4n) is 7.87. The largest absolute Gasteiger partial charge is 0.507 e. The Morgan fingerprint density at radius 3 is 2.54 bits per heavy atom. The highest BCUT2D eigenvalue weighted by Gasteiger charge is 2.50. The summed E-state index contributed by atoms with van der Waals surface area (Å²) < 4.78 is 5.91. The number of fused-ring (bicyclic) bond motifs is 1. The third-order valence-electron chi connectivity index (χ3n) is 11.6. The lowest BCUT2D eigenvalue weighted by atomic mass is 9.75. The van der Waals surface area contributed by atoms with E-state index in [0.29, 0.717) is 34.9 Å². The minimum Gasteiger partial charge on any atom is -0.507 e. The van der Waals surface area contributed by atoms with E-state index in [9.17, 15) is 19.8 Å². The lowest BCUT2D eigenvalue weighted by Gasteiger charge is -2.38. The van der Waals surface area contributed by atoms with Gasteiger partial charge in [-0.25, -0.2) is 4.98 Å². The third kappa shape index (κ3) is 6.97. The zero-order valence-electron chi connectivity index (χ0n) is 32.1. The molecule has 4 atom stereocenters. The Hall–Kier alpha value is -5.44. The zero-order valence-corrected chi connectivity index (χ0v) is 32.9. The van der Waals surface area contributed by atoms with E-state index in [2.05, 4.69) is 41.6 Å². The Kier molecular flexibility index (Phi) is 9.97. The number of aliphatic hydroxyl groups excluding tert-OH is 1. The smallest absolute Gasteiger partial charge is 0.243 e. The minimum absolute atomic E-state index is 0.0576. The Labute approximate surface area is 328 Å². The fraction of sp³-hybridized carbons (Fsp3) is 0.381. The number of phenolic OH excluding ortho intramolecular Hbond substituents is 1. The van der Waals surface area contributed by atoms with E-state index in [1.807, 2.05) is 88.7 Å². The number of hydrogen-bond donors (Lipinski definition) is 4. The van der Waals surface area contributed by atoms with E-state index in [1.54, 1.807) is 23.5 Å². The molecule has 0 spiro atoms. The second kappa shape index (κ2) is 14.9. The number of nitrogens with one attached hydrogen (secondary N) is 2. The molecule has 2 aliphatic rings. The highest BCUT2D eigenvalue weighted by atomic mass is 32.1. The van der Waals surface area contributed by atoms with Crippen molar-refractivity contribution < 1.29 is 24.3 Å². The van der Waals surface area contributed by atoms with Crippen LogP contribution in [0.25, 0.3) is 32.7 Å². The number of aromatic amines is 1. The van der Waals surface area contributed by atoms with Gasteiger partial charge in [0.25, 0.3) is 0 Å². The number of para-hydroxylation sites is 1. The number of aromatic nitrogens is 5. The van der Waals surface area contributed by atoms with E-state index < -0.39 is 17.6 Å². The first-order valence-corrected chi connectivity index (χ1v) is 19.9. The first-order chi connectivity index (χ1) is 26.9. The van der Waals surface area contributed by atoms with Crippen molar-refractivity contribution in [1.29, 1.82) is 0 Å². The van der Waals surface area contributed by atoms with Crippen molar-refractivity contribution in [2.45, 2.75) is 77.1 Å². The highest BCUT2D eigenvalue weighted by Crippen LogP contribution is 2.38. The van der Waals surface area contributed by atoms with E-state index >= 15 is 0 Å². The predicted octanol–water partition coefficient (Wildman–Crippen LogP) is 6.10. The van der Waals surface area contributed by atoms with Crippen LogP contribution in [0.4, 0.5) is 0 Å². The number of nitrogens with zero attached hydrogens (tertiary/aromatic N) is 6. The number of aromatic hydroxyl groups is 1. The van der Waals surface area contributed by atoms with Crippen molar-refractivity contribution in [2.24, 2.45) is 5.92 Å². The third-order valence-corrected chi connectivity index (χ3v) is 12.6. The summed E-state index contributed by atoms with van der Waals surface area (Å²) >= 11 is 1.59. The molecule has 0 bridgehead atoms. The van der Waals surface area contributed by atoms with Crippen molar-refractivity contribution >= 4 is 34.2 Å². The molecule has 2 amide bonds. The van der Waals surface area contributed by atoms with Gasteiger partial charge in [0, 0.05) is 61.2 Å². The number of hydrogen-bond acceptors (Lipinski definition) is 11. The van der Waals surface area contributed by atoms with E-state index in [1.165, 1.54) is 4.90 Å². The standard InChI is InChI=1S/C42H46N8O5S/c1-23(2)42(5,41(54)50-21-31(51)17-35(50)40(53)44-24(3)26-10-12-27(13-11-26)38-25(4)43-22-56-38)37-16-30(48-55-37)20-49-18-29(19-49)33-14-28-15-34(46-47-39(28)45-33)32-8-6-7-9-36(32)52/h6-16,22-24,29,31,35,51-52H,17-21H2,1-5H3,(H,44,53)(H,45,47)/t24-,31+,35-,42-/m0/s1. The van der Waals surface area contributed by atoms with Crippen LogP contribution < -0.4 is 5.32 Å². The molecule has 0 saturated carbocycles. The number of likely N-dealkylation sites (tertiary alicyclic amines) is 2. The number of thiazole rings is 1. The number of carbonyl (C=O) groups is 2. The summed E-state index contributed by atoms with van der Waals surface area (Å²) in [7, 11) is 0. The van der Waals surface area contributed by atoms with E-state index in [4.69, 9.17) is 4.52 Å². The van der Waals surface area contributed by atoms with E-state index in [0.717, 1.165) is 45.9 Å². The Balaban J connectivity index is 0.909. The summed E-state index contributed by atoms with van der Waals surface area (Å²) in [6.07, 6.45) is -0.669. The van der Waals surface area contributed by atoms with Crippen LogP contribution in [0.5, 0.6) is 5.75 Å². The van der Waals surface area contributed by atoms with Crippen LogP contribution in [-0.2, 0) is 21.5 Å². The minimum atomic E-state index is -1.12. The molecule has 6 aromatic rings. The second-order valence-corrected chi connectivity index (χ2v) is 16.5. The van der Waals surface area contributed by atoms with Gasteiger partial charge in [-0.1, -0.05) is 55.4 Å². The maximum Gasteiger partial charge on any atom is 0.243 e. The average Bonchev–Trinajstić information content (AvgIpc) is 3.99. The summed E-state index contributed by atoms with van der Waals surface area (Å²) in [6.45, 7) is 11.9. The van der Waals surface area contributed by atoms with Gasteiger partial charge in [0.2, 0.25) is 11.8 Å². The van der Waals surface area contributed by atoms with Crippen LogP contribution in [0.3, 0.4) is 0 Å². The van der Waals surface area contributed by atoms with Crippen molar-refractivity contribution in [3.05, 3.63) is 101 Å². The number of rotatable bonds is 11. The van der Waals surface area contributed by atoms with Crippen LogP contribution in [0, 0.1) is 12.8 Å². The van der Waals surface area contributed by atoms with Crippen LogP contribution in [0.1, 0.15) is 74.5 Å². The lowest BCUT2D eigenvalue weighted by molar-refractivity contribution is -0.145. The summed E-state index contributed by atoms with van der Waals surface area (Å²) in [4.78, 5) is 40.9. The lowest BCUT2D eigenvalue weighted by Crippen LogP contribution is -2.54. The molecule has 2 aromatic carbocycles. The van der Waals surface area contributed by atoms with Crippen LogP contribution in [0.15, 0.2) is 76.8 Å². The number of phenols is 1. The fourth-order valence-corrected chi connectivity index (χ4v) is 8.68. The molecule has 0 unspecified atom stereocenters. The Bertz CT molecular complexity index is 2380. The summed E-state index contributed by atoms with van der Waals surface area (Å²) in [5.74, 6) is 0.0889. The zero-order chi connectivity index (χ0) is 39.3. The molecule has 2 aliphatic heterocycles. The van der Waals surface area contributed by atoms with Gasteiger partial charge in [-0.15, -0.1) is 21.5 Å².